The van der Waals surface area contributed by atoms with Gasteiger partial charge in [-0.25, -0.2) is 4.79 Å². The van der Waals surface area contributed by atoms with Gasteiger partial charge in [-0.2, -0.15) is 0 Å². The Bertz CT molecular complexity index is 1160. The lowest BCUT2D eigenvalue weighted by molar-refractivity contribution is -0.138. The fourth-order valence-electron chi connectivity index (χ4n) is 3.84. The van der Waals surface area contributed by atoms with E-state index >= 15 is 0 Å². The highest BCUT2D eigenvalue weighted by molar-refractivity contribution is 5.93. The number of aryl methyl sites for hydroxylation is 2. The number of nitrogens with zero attached hydrogens (tertiary/aromatic N) is 1. The number of nitrogens with one attached hydrogen (secondary N) is 2. The summed E-state index contributed by atoms with van der Waals surface area (Å²) in [5, 5.41) is 15.1. The molecule has 2 atom stereocenters. The molecule has 2 aromatic rings. The molecule has 0 aromatic heterocycles. The first kappa shape index (κ1) is 29.2. The minimum absolute atomic E-state index is 0.0575. The van der Waals surface area contributed by atoms with Crippen molar-refractivity contribution in [2.45, 2.75) is 78.6 Å². The Kier molecular flexibility index (Phi) is 9.73. The Hall–Kier alpha value is -3.99. The molecule has 0 spiro atoms. The van der Waals surface area contributed by atoms with Gasteiger partial charge in [0.15, 0.2) is 0 Å². The number of ether oxygens (including phenoxy) is 1. The Labute approximate surface area is 219 Å². The van der Waals surface area contributed by atoms with Gasteiger partial charge >= 0.3 is 6.09 Å². The van der Waals surface area contributed by atoms with Crippen LogP contribution in [0.4, 0.5) is 4.79 Å². The predicted molar refractivity (Wildman–Crippen MR) is 143 cm³/mol. The number of carbonyl (C=O) groups excluding carboxylic acids is 3. The average Bonchev–Trinajstić information content (AvgIpc) is 2.77. The minimum atomic E-state index is -1.14. The maximum absolute atomic E-state index is 13.9. The van der Waals surface area contributed by atoms with E-state index in [9.17, 15) is 19.5 Å². The van der Waals surface area contributed by atoms with Crippen LogP contribution in [0.5, 0.6) is 5.75 Å². The summed E-state index contributed by atoms with van der Waals surface area (Å²) in [6, 6.07) is 11.7. The molecule has 198 valence electrons. The molecule has 37 heavy (non-hydrogen) atoms. The smallest absolute Gasteiger partial charge is 0.408 e. The van der Waals surface area contributed by atoms with Crippen molar-refractivity contribution in [3.8, 4) is 18.2 Å². The molecule has 0 aliphatic heterocycles. The summed E-state index contributed by atoms with van der Waals surface area (Å²) < 4.78 is 5.37. The van der Waals surface area contributed by atoms with Crippen molar-refractivity contribution in [3.63, 3.8) is 0 Å². The number of benzene rings is 2. The second-order valence-corrected chi connectivity index (χ2v) is 10.3. The number of terminal acetylenes is 1. The average molecular weight is 508 g/mol. The summed E-state index contributed by atoms with van der Waals surface area (Å²) in [6.45, 7) is 12.6. The quantitative estimate of drug-likeness (QED) is 0.368. The number of rotatable bonds is 8. The van der Waals surface area contributed by atoms with E-state index in [0.717, 1.165) is 16.0 Å². The van der Waals surface area contributed by atoms with Gasteiger partial charge < -0.3 is 20.5 Å². The second kappa shape index (κ2) is 12.3. The van der Waals surface area contributed by atoms with Crippen LogP contribution in [0.25, 0.3) is 0 Å². The van der Waals surface area contributed by atoms with Crippen LogP contribution in [0.15, 0.2) is 42.5 Å². The van der Waals surface area contributed by atoms with Crippen molar-refractivity contribution in [1.82, 2.24) is 15.5 Å². The van der Waals surface area contributed by atoms with E-state index in [2.05, 4.69) is 16.7 Å². The van der Waals surface area contributed by atoms with Crippen molar-refractivity contribution in [2.75, 3.05) is 0 Å². The zero-order valence-electron chi connectivity index (χ0n) is 22.6. The zero-order valence-corrected chi connectivity index (χ0v) is 22.6. The SMILES string of the molecule is C#CN(C(=O)C(Cc1ccc(O)cc1)NC(=O)OC(C)(C)C)C(C(=O)NC(C)C)c1ccc(C)cc1C. The van der Waals surface area contributed by atoms with Crippen LogP contribution in [-0.4, -0.2) is 45.6 Å². The van der Waals surface area contributed by atoms with Gasteiger partial charge in [-0.05, 0) is 77.3 Å². The molecule has 0 fully saturated rings. The van der Waals surface area contributed by atoms with Gasteiger partial charge in [0, 0.05) is 18.5 Å². The van der Waals surface area contributed by atoms with Crippen molar-refractivity contribution < 1.29 is 24.2 Å². The molecule has 2 unspecified atom stereocenters. The fraction of sp³-hybridized carbons (Fsp3) is 0.414. The molecule has 0 aliphatic rings. The molecular formula is C29H37N3O5. The number of hydrogen-bond acceptors (Lipinski definition) is 5. The van der Waals surface area contributed by atoms with E-state index in [-0.39, 0.29) is 18.2 Å². The highest BCUT2D eigenvalue weighted by atomic mass is 16.6. The van der Waals surface area contributed by atoms with E-state index in [1.807, 2.05) is 39.8 Å². The van der Waals surface area contributed by atoms with Gasteiger partial charge in [0.05, 0.1) is 0 Å². The van der Waals surface area contributed by atoms with Gasteiger partial charge in [0.25, 0.3) is 5.91 Å². The maximum atomic E-state index is 13.9. The summed E-state index contributed by atoms with van der Waals surface area (Å²) in [5.74, 6) is -1.02. The van der Waals surface area contributed by atoms with E-state index in [4.69, 9.17) is 11.2 Å². The summed E-state index contributed by atoms with van der Waals surface area (Å²) >= 11 is 0. The van der Waals surface area contributed by atoms with Gasteiger partial charge in [0.1, 0.15) is 23.4 Å². The van der Waals surface area contributed by atoms with Gasteiger partial charge in [-0.15, -0.1) is 0 Å². The number of phenolic OH excluding ortho intramolecular Hbond substituents is 1. The van der Waals surface area contributed by atoms with Crippen LogP contribution in [0.2, 0.25) is 0 Å². The summed E-state index contributed by atoms with van der Waals surface area (Å²) in [6.07, 6.45) is 5.10. The third-order valence-corrected chi connectivity index (χ3v) is 5.40. The molecule has 8 heteroatoms. The largest absolute Gasteiger partial charge is 0.508 e. The number of aromatic hydroxyl groups is 1. The molecule has 0 aliphatic carbocycles. The number of phenols is 1. The lowest BCUT2D eigenvalue weighted by atomic mass is 9.96. The number of alkyl carbamates (subject to hydrolysis) is 1. The summed E-state index contributed by atoms with van der Waals surface area (Å²) in [5.41, 5.74) is 2.25. The Balaban J connectivity index is 2.53. The number of carbonyl (C=O) groups is 3. The molecule has 3 amide bonds. The van der Waals surface area contributed by atoms with Gasteiger partial charge in [-0.3, -0.25) is 14.5 Å². The van der Waals surface area contributed by atoms with E-state index in [0.29, 0.717) is 11.1 Å². The molecule has 0 heterocycles. The van der Waals surface area contributed by atoms with Crippen molar-refractivity contribution in [1.29, 1.82) is 0 Å². The van der Waals surface area contributed by atoms with Gasteiger partial charge in [0.2, 0.25) is 5.91 Å². The highest BCUT2D eigenvalue weighted by Crippen LogP contribution is 2.26. The molecule has 0 saturated heterocycles. The normalized spacial score (nSPS) is 12.7. The molecule has 2 rings (SSSR count). The predicted octanol–water partition coefficient (Wildman–Crippen LogP) is 4.13. The third-order valence-electron chi connectivity index (χ3n) is 5.40. The molecule has 0 saturated carbocycles. The van der Waals surface area contributed by atoms with E-state index in [1.54, 1.807) is 39.0 Å². The third kappa shape index (κ3) is 8.57. The first-order chi connectivity index (χ1) is 17.2. The van der Waals surface area contributed by atoms with Crippen molar-refractivity contribution in [3.05, 3.63) is 64.7 Å². The number of hydrogen-bond donors (Lipinski definition) is 3. The van der Waals surface area contributed by atoms with Crippen LogP contribution in [0.3, 0.4) is 0 Å². The van der Waals surface area contributed by atoms with Crippen LogP contribution in [0.1, 0.15) is 62.9 Å². The van der Waals surface area contributed by atoms with Gasteiger partial charge in [-0.1, -0.05) is 42.3 Å². The lowest BCUT2D eigenvalue weighted by Crippen LogP contribution is -2.52. The van der Waals surface area contributed by atoms with E-state index in [1.165, 1.54) is 12.1 Å². The standard InChI is InChI=1S/C29H37N3O5/c1-9-32(25(26(34)30-18(2)3)23-15-10-19(4)16-20(23)5)27(35)24(31-28(36)37-29(6,7)8)17-21-11-13-22(33)14-12-21/h1,10-16,18,24-25,33H,17H2,2-8H3,(H,30,34)(H,31,36). The van der Waals surface area contributed by atoms with Crippen LogP contribution >= 0.6 is 0 Å². The van der Waals surface area contributed by atoms with Crippen LogP contribution in [-0.2, 0) is 20.7 Å². The van der Waals surface area contributed by atoms with Crippen LogP contribution < -0.4 is 10.6 Å². The Morgan fingerprint density at radius 2 is 1.68 bits per heavy atom. The molecular weight excluding hydrogens is 470 g/mol. The molecule has 8 nitrogen and oxygen atoms in total. The lowest BCUT2D eigenvalue weighted by Gasteiger charge is -2.31. The molecule has 2 aromatic carbocycles. The first-order valence-corrected chi connectivity index (χ1v) is 12.2. The Morgan fingerprint density at radius 1 is 1.05 bits per heavy atom. The van der Waals surface area contributed by atoms with Crippen molar-refractivity contribution in [2.24, 2.45) is 0 Å². The fourth-order valence-corrected chi connectivity index (χ4v) is 3.84. The van der Waals surface area contributed by atoms with Crippen molar-refractivity contribution >= 4 is 17.9 Å². The second-order valence-electron chi connectivity index (χ2n) is 10.3. The zero-order chi connectivity index (χ0) is 27.9. The molecule has 3 N–H and O–H groups in total. The monoisotopic (exact) mass is 507 g/mol. The molecule has 0 radical (unpaired) electrons. The highest BCUT2D eigenvalue weighted by Gasteiger charge is 2.36. The minimum Gasteiger partial charge on any atom is -0.508 e. The van der Waals surface area contributed by atoms with Crippen LogP contribution in [0, 0.1) is 26.3 Å². The first-order valence-electron chi connectivity index (χ1n) is 12.2. The number of amides is 3. The Morgan fingerprint density at radius 3 is 2.19 bits per heavy atom. The maximum Gasteiger partial charge on any atom is 0.408 e. The summed E-state index contributed by atoms with van der Waals surface area (Å²) in [7, 11) is 0. The molecule has 0 bridgehead atoms. The van der Waals surface area contributed by atoms with E-state index < -0.39 is 35.6 Å². The topological polar surface area (TPSA) is 108 Å². The summed E-state index contributed by atoms with van der Waals surface area (Å²) in [4.78, 5) is 41.0.